The first-order chi connectivity index (χ1) is 10.0. The summed E-state index contributed by atoms with van der Waals surface area (Å²) in [6.45, 7) is 1.80. The van der Waals surface area contributed by atoms with Gasteiger partial charge in [0.25, 0.3) is 5.56 Å². The predicted molar refractivity (Wildman–Crippen MR) is 74.4 cm³/mol. The molecule has 6 nitrogen and oxygen atoms in total. The second-order valence-corrected chi connectivity index (χ2v) is 4.87. The lowest BCUT2D eigenvalue weighted by Gasteiger charge is -2.25. The summed E-state index contributed by atoms with van der Waals surface area (Å²) < 4.78 is 12.4. The van der Waals surface area contributed by atoms with Gasteiger partial charge in [0.05, 0.1) is 17.7 Å². The molecule has 21 heavy (non-hydrogen) atoms. The van der Waals surface area contributed by atoms with Crippen LogP contribution in [-0.4, -0.2) is 4.57 Å². The van der Waals surface area contributed by atoms with Crippen molar-refractivity contribution in [3.63, 3.8) is 0 Å². The van der Waals surface area contributed by atoms with Crippen molar-refractivity contribution in [3.8, 4) is 11.8 Å². The van der Waals surface area contributed by atoms with E-state index in [-0.39, 0.29) is 17.0 Å². The van der Waals surface area contributed by atoms with Crippen LogP contribution in [0.2, 0.25) is 0 Å². The van der Waals surface area contributed by atoms with Crippen LogP contribution in [0.1, 0.15) is 22.9 Å². The molecule has 3 heterocycles. The average Bonchev–Trinajstić information content (AvgIpc) is 2.97. The van der Waals surface area contributed by atoms with Gasteiger partial charge in [-0.2, -0.15) is 5.26 Å². The molecule has 2 N–H and O–H groups in total. The number of nitrogens with two attached hydrogens (primary N) is 1. The molecular weight excluding hydrogens is 270 g/mol. The van der Waals surface area contributed by atoms with Crippen LogP contribution in [0.25, 0.3) is 0 Å². The average molecular weight is 283 g/mol. The predicted octanol–water partition coefficient (Wildman–Crippen LogP) is 1.50. The highest BCUT2D eigenvalue weighted by atomic mass is 16.5. The van der Waals surface area contributed by atoms with E-state index in [4.69, 9.17) is 14.9 Å². The van der Waals surface area contributed by atoms with Crippen LogP contribution in [0, 0.1) is 18.3 Å². The molecule has 0 amide bonds. The van der Waals surface area contributed by atoms with E-state index >= 15 is 0 Å². The lowest BCUT2D eigenvalue weighted by Crippen LogP contribution is -2.31. The van der Waals surface area contributed by atoms with Crippen molar-refractivity contribution < 1.29 is 9.15 Å². The number of nitrogens with zero attached hydrogens (tertiary/aromatic N) is 2. The van der Waals surface area contributed by atoms with Crippen LogP contribution in [0.5, 0.6) is 5.75 Å². The smallest absolute Gasteiger partial charge is 0.258 e. The topological polar surface area (TPSA) is 94.2 Å². The van der Waals surface area contributed by atoms with Gasteiger partial charge in [-0.1, -0.05) is 0 Å². The van der Waals surface area contributed by atoms with Crippen molar-refractivity contribution in [1.82, 2.24) is 4.57 Å². The van der Waals surface area contributed by atoms with E-state index in [1.54, 1.807) is 32.2 Å². The maximum Gasteiger partial charge on any atom is 0.258 e. The molecular formula is C15H13N3O3. The molecule has 0 bridgehead atoms. The summed E-state index contributed by atoms with van der Waals surface area (Å²) in [5.74, 6) is 0.209. The molecule has 0 saturated carbocycles. The van der Waals surface area contributed by atoms with Gasteiger partial charge in [-0.05, 0) is 19.1 Å². The van der Waals surface area contributed by atoms with E-state index in [9.17, 15) is 10.1 Å². The Hall–Kier alpha value is -2.94. The highest BCUT2D eigenvalue weighted by molar-refractivity contribution is 5.53. The van der Waals surface area contributed by atoms with E-state index in [0.29, 0.717) is 17.1 Å². The number of aromatic nitrogens is 1. The Bertz CT molecular complexity index is 838. The molecule has 106 valence electrons. The van der Waals surface area contributed by atoms with Crippen LogP contribution in [0.4, 0.5) is 0 Å². The number of hydrogen-bond acceptors (Lipinski definition) is 5. The monoisotopic (exact) mass is 283 g/mol. The zero-order valence-electron chi connectivity index (χ0n) is 11.6. The minimum atomic E-state index is -0.645. The van der Waals surface area contributed by atoms with Gasteiger partial charge in [0, 0.05) is 18.8 Å². The van der Waals surface area contributed by atoms with Gasteiger partial charge in [0.15, 0.2) is 0 Å². The third-order valence-corrected chi connectivity index (χ3v) is 3.68. The number of rotatable bonds is 1. The van der Waals surface area contributed by atoms with Crippen LogP contribution >= 0.6 is 0 Å². The number of furan rings is 1. The molecule has 0 fully saturated rings. The normalized spacial score (nSPS) is 17.1. The van der Waals surface area contributed by atoms with Gasteiger partial charge in [-0.3, -0.25) is 4.79 Å². The molecule has 0 aliphatic carbocycles. The first kappa shape index (κ1) is 13.1. The number of fused-ring (bicyclic) bond motifs is 1. The fraction of sp³-hybridized carbons (Fsp3) is 0.200. The highest BCUT2D eigenvalue weighted by Gasteiger charge is 2.35. The van der Waals surface area contributed by atoms with E-state index in [2.05, 4.69) is 0 Å². The van der Waals surface area contributed by atoms with Gasteiger partial charge in [0.1, 0.15) is 23.2 Å². The Morgan fingerprint density at radius 2 is 2.24 bits per heavy atom. The Morgan fingerprint density at radius 1 is 1.48 bits per heavy atom. The second-order valence-electron chi connectivity index (χ2n) is 4.87. The molecule has 3 rings (SSSR count). The standard InChI is InChI=1S/C15H13N3O3/c1-8-6-11-13(15(19)18(8)2)12(10-4-3-5-20-10)9(7-16)14(17)21-11/h3-6,12H,17H2,1-2H3/t12-/m1/s1. The summed E-state index contributed by atoms with van der Waals surface area (Å²) in [6, 6.07) is 7.16. The van der Waals surface area contributed by atoms with E-state index in [1.165, 1.54) is 10.8 Å². The Labute approximate surface area is 120 Å². The van der Waals surface area contributed by atoms with Crippen LogP contribution in [0.3, 0.4) is 0 Å². The second kappa shape index (κ2) is 4.56. The molecule has 1 aliphatic rings. The number of aryl methyl sites for hydroxylation is 1. The van der Waals surface area contributed by atoms with E-state index in [1.807, 2.05) is 6.07 Å². The number of ether oxygens (including phenoxy) is 1. The third-order valence-electron chi connectivity index (χ3n) is 3.68. The Balaban J connectivity index is 2.36. The fourth-order valence-electron chi connectivity index (χ4n) is 2.48. The largest absolute Gasteiger partial charge is 0.468 e. The van der Waals surface area contributed by atoms with Crippen molar-refractivity contribution in [2.75, 3.05) is 0 Å². The molecule has 0 unspecified atom stereocenters. The van der Waals surface area contributed by atoms with Crippen molar-refractivity contribution >= 4 is 0 Å². The van der Waals surface area contributed by atoms with Crippen LogP contribution in [0.15, 0.2) is 45.1 Å². The molecule has 0 aromatic carbocycles. The minimum Gasteiger partial charge on any atom is -0.468 e. The molecule has 2 aromatic rings. The molecule has 2 aromatic heterocycles. The maximum absolute atomic E-state index is 12.6. The fourth-order valence-corrected chi connectivity index (χ4v) is 2.48. The molecule has 0 saturated heterocycles. The maximum atomic E-state index is 12.6. The summed E-state index contributed by atoms with van der Waals surface area (Å²) in [7, 11) is 1.67. The summed E-state index contributed by atoms with van der Waals surface area (Å²) in [5, 5.41) is 9.35. The SMILES string of the molecule is Cc1cc2c(c(=O)n1C)[C@@H](c1ccco1)C(C#N)=C(N)O2. The first-order valence-corrected chi connectivity index (χ1v) is 6.36. The third kappa shape index (κ3) is 1.82. The van der Waals surface area contributed by atoms with E-state index in [0.717, 1.165) is 5.69 Å². The zero-order chi connectivity index (χ0) is 15.1. The van der Waals surface area contributed by atoms with Gasteiger partial charge < -0.3 is 19.5 Å². The quantitative estimate of drug-likeness (QED) is 0.856. The van der Waals surface area contributed by atoms with Crippen molar-refractivity contribution in [2.24, 2.45) is 12.8 Å². The van der Waals surface area contributed by atoms with Crippen LogP contribution in [-0.2, 0) is 7.05 Å². The zero-order valence-corrected chi connectivity index (χ0v) is 11.6. The number of pyridine rings is 1. The molecule has 1 atom stereocenters. The lowest BCUT2D eigenvalue weighted by atomic mass is 9.88. The Kier molecular flexibility index (Phi) is 2.84. The minimum absolute atomic E-state index is 0.000877. The van der Waals surface area contributed by atoms with Crippen molar-refractivity contribution in [3.05, 3.63) is 63.3 Å². The van der Waals surface area contributed by atoms with Gasteiger partial charge in [0.2, 0.25) is 5.88 Å². The highest BCUT2D eigenvalue weighted by Crippen LogP contribution is 2.40. The summed E-state index contributed by atoms with van der Waals surface area (Å²) in [5.41, 5.74) is 6.88. The summed E-state index contributed by atoms with van der Waals surface area (Å²) in [6.07, 6.45) is 1.49. The van der Waals surface area contributed by atoms with Crippen molar-refractivity contribution in [1.29, 1.82) is 5.26 Å². The molecule has 1 aliphatic heterocycles. The molecule has 0 spiro atoms. The summed E-state index contributed by atoms with van der Waals surface area (Å²) in [4.78, 5) is 12.6. The van der Waals surface area contributed by atoms with Gasteiger partial charge in [-0.15, -0.1) is 0 Å². The first-order valence-electron chi connectivity index (χ1n) is 6.36. The van der Waals surface area contributed by atoms with Gasteiger partial charge >= 0.3 is 0 Å². The Morgan fingerprint density at radius 3 is 2.86 bits per heavy atom. The number of hydrogen-bond donors (Lipinski definition) is 1. The van der Waals surface area contributed by atoms with E-state index < -0.39 is 5.92 Å². The molecule has 0 radical (unpaired) electrons. The molecule has 6 heteroatoms. The number of nitriles is 1. The summed E-state index contributed by atoms with van der Waals surface area (Å²) >= 11 is 0. The van der Waals surface area contributed by atoms with Gasteiger partial charge in [-0.25, -0.2) is 0 Å². The number of allylic oxidation sites excluding steroid dienone is 1. The lowest BCUT2D eigenvalue weighted by molar-refractivity contribution is 0.379. The van der Waals surface area contributed by atoms with Crippen LogP contribution < -0.4 is 16.0 Å². The van der Waals surface area contributed by atoms with Crippen molar-refractivity contribution in [2.45, 2.75) is 12.8 Å².